The number of hydrogen-bond donors (Lipinski definition) is 2. The molecule has 1 fully saturated rings. The van der Waals surface area contributed by atoms with E-state index in [0.717, 1.165) is 0 Å². The molecule has 1 saturated heterocycles. The summed E-state index contributed by atoms with van der Waals surface area (Å²) < 4.78 is 11.2. The number of amides is 1. The number of nitrogens with zero attached hydrogens (tertiary/aromatic N) is 3. The highest BCUT2D eigenvalue weighted by atomic mass is 35.5. The molecular formula is C15H18ClN5O3. The second-order valence-corrected chi connectivity index (χ2v) is 6.04. The maximum absolute atomic E-state index is 12.4. The number of ether oxygens (including phenoxy) is 2. The Morgan fingerprint density at radius 3 is 2.96 bits per heavy atom. The summed E-state index contributed by atoms with van der Waals surface area (Å²) in [5, 5.41) is 9.82. The van der Waals surface area contributed by atoms with E-state index in [2.05, 4.69) is 20.5 Å². The van der Waals surface area contributed by atoms with Crippen molar-refractivity contribution in [1.29, 1.82) is 0 Å². The molecule has 2 atom stereocenters. The standard InChI is InChI=1S/C15H18ClN5O3/c1-21(2)14-11(16)3-9(4-17-14)15(22)20-12-7-23-8-13(12)24-10-5-18-19-6-10/h3-6,12-13H,7-8H2,1-2H3,(H,18,19)(H,20,22)/t12-,13+/m0/s1. The van der Waals surface area contributed by atoms with Crippen molar-refractivity contribution in [1.82, 2.24) is 20.5 Å². The third-order valence-electron chi connectivity index (χ3n) is 3.61. The molecule has 0 spiro atoms. The van der Waals surface area contributed by atoms with Crippen LogP contribution in [0.1, 0.15) is 10.4 Å². The van der Waals surface area contributed by atoms with Crippen LogP contribution in [0.15, 0.2) is 24.7 Å². The lowest BCUT2D eigenvalue weighted by Gasteiger charge is -2.20. The van der Waals surface area contributed by atoms with Crippen LogP contribution in [0.25, 0.3) is 0 Å². The minimum absolute atomic E-state index is 0.264. The number of aromatic amines is 1. The van der Waals surface area contributed by atoms with E-state index in [9.17, 15) is 4.79 Å². The first-order valence-electron chi connectivity index (χ1n) is 7.41. The number of aromatic nitrogens is 3. The van der Waals surface area contributed by atoms with Gasteiger partial charge in [0, 0.05) is 20.3 Å². The smallest absolute Gasteiger partial charge is 0.253 e. The number of anilines is 1. The average molecular weight is 352 g/mol. The Morgan fingerprint density at radius 1 is 1.46 bits per heavy atom. The Balaban J connectivity index is 1.66. The molecule has 24 heavy (non-hydrogen) atoms. The zero-order chi connectivity index (χ0) is 17.1. The van der Waals surface area contributed by atoms with Crippen molar-refractivity contribution in [2.24, 2.45) is 0 Å². The summed E-state index contributed by atoms with van der Waals surface area (Å²) in [6.07, 6.45) is 4.43. The SMILES string of the molecule is CN(C)c1ncc(C(=O)N[C@H]2COC[C@H]2Oc2cn[nH]c2)cc1Cl. The van der Waals surface area contributed by atoms with E-state index in [4.69, 9.17) is 21.1 Å². The lowest BCUT2D eigenvalue weighted by molar-refractivity contribution is 0.0904. The predicted molar refractivity (Wildman–Crippen MR) is 88.7 cm³/mol. The van der Waals surface area contributed by atoms with E-state index in [1.54, 1.807) is 23.4 Å². The van der Waals surface area contributed by atoms with Crippen LogP contribution in [-0.2, 0) is 4.74 Å². The van der Waals surface area contributed by atoms with Gasteiger partial charge in [0.05, 0.1) is 42.2 Å². The maximum Gasteiger partial charge on any atom is 0.253 e. The summed E-state index contributed by atoms with van der Waals surface area (Å²) in [5.74, 6) is 0.939. The van der Waals surface area contributed by atoms with E-state index in [1.807, 2.05) is 14.1 Å². The molecule has 3 heterocycles. The molecule has 0 aromatic carbocycles. The number of carbonyl (C=O) groups excluding carboxylic acids is 1. The second-order valence-electron chi connectivity index (χ2n) is 5.63. The van der Waals surface area contributed by atoms with Crippen LogP contribution in [0, 0.1) is 0 Å². The van der Waals surface area contributed by atoms with Gasteiger partial charge in [-0.1, -0.05) is 11.6 Å². The highest BCUT2D eigenvalue weighted by Crippen LogP contribution is 2.22. The maximum atomic E-state index is 12.4. The van der Waals surface area contributed by atoms with Crippen molar-refractivity contribution in [3.8, 4) is 5.75 Å². The van der Waals surface area contributed by atoms with Crippen molar-refractivity contribution in [2.45, 2.75) is 12.1 Å². The second kappa shape index (κ2) is 7.06. The van der Waals surface area contributed by atoms with Crippen LogP contribution in [0.4, 0.5) is 5.82 Å². The van der Waals surface area contributed by atoms with Gasteiger partial charge in [-0.3, -0.25) is 9.89 Å². The van der Waals surface area contributed by atoms with Gasteiger partial charge in [0.2, 0.25) is 0 Å². The molecule has 3 rings (SSSR count). The monoisotopic (exact) mass is 351 g/mol. The first kappa shape index (κ1) is 16.5. The quantitative estimate of drug-likeness (QED) is 0.838. The van der Waals surface area contributed by atoms with Crippen LogP contribution >= 0.6 is 11.6 Å². The van der Waals surface area contributed by atoms with Crippen molar-refractivity contribution >= 4 is 23.3 Å². The molecule has 2 N–H and O–H groups in total. The number of rotatable bonds is 5. The summed E-state index contributed by atoms with van der Waals surface area (Å²) in [6, 6.07) is 1.33. The Labute approximate surface area is 144 Å². The first-order chi connectivity index (χ1) is 11.5. The van der Waals surface area contributed by atoms with Crippen molar-refractivity contribution in [3.63, 3.8) is 0 Å². The Kier molecular flexibility index (Phi) is 4.86. The van der Waals surface area contributed by atoms with Crippen molar-refractivity contribution in [2.75, 3.05) is 32.2 Å². The molecule has 1 aliphatic rings. The van der Waals surface area contributed by atoms with Gasteiger partial charge in [0.25, 0.3) is 5.91 Å². The summed E-state index contributed by atoms with van der Waals surface area (Å²) in [4.78, 5) is 18.4. The van der Waals surface area contributed by atoms with Crippen LogP contribution in [0.2, 0.25) is 5.02 Å². The van der Waals surface area contributed by atoms with Gasteiger partial charge >= 0.3 is 0 Å². The van der Waals surface area contributed by atoms with Crippen LogP contribution in [0.3, 0.4) is 0 Å². The molecule has 8 nitrogen and oxygen atoms in total. The van der Waals surface area contributed by atoms with E-state index in [-0.39, 0.29) is 18.1 Å². The third kappa shape index (κ3) is 3.60. The molecule has 0 aliphatic carbocycles. The molecule has 2 aromatic rings. The fourth-order valence-corrected chi connectivity index (χ4v) is 2.73. The van der Waals surface area contributed by atoms with Gasteiger partial charge in [0.15, 0.2) is 5.75 Å². The van der Waals surface area contributed by atoms with Gasteiger partial charge < -0.3 is 19.7 Å². The number of nitrogens with one attached hydrogen (secondary N) is 2. The van der Waals surface area contributed by atoms with E-state index in [1.165, 1.54) is 6.20 Å². The lowest BCUT2D eigenvalue weighted by Crippen LogP contribution is -2.45. The minimum atomic E-state index is -0.281. The molecule has 0 radical (unpaired) electrons. The summed E-state index contributed by atoms with van der Waals surface area (Å²) >= 11 is 6.16. The van der Waals surface area contributed by atoms with Crippen molar-refractivity contribution < 1.29 is 14.3 Å². The van der Waals surface area contributed by atoms with Crippen LogP contribution in [0.5, 0.6) is 5.75 Å². The van der Waals surface area contributed by atoms with E-state index in [0.29, 0.717) is 35.4 Å². The average Bonchev–Trinajstić information content (AvgIpc) is 3.20. The highest BCUT2D eigenvalue weighted by Gasteiger charge is 2.32. The van der Waals surface area contributed by atoms with Gasteiger partial charge in [-0.15, -0.1) is 0 Å². The molecule has 2 aromatic heterocycles. The first-order valence-corrected chi connectivity index (χ1v) is 7.79. The largest absolute Gasteiger partial charge is 0.482 e. The topological polar surface area (TPSA) is 92.4 Å². The molecule has 0 unspecified atom stereocenters. The van der Waals surface area contributed by atoms with Crippen LogP contribution < -0.4 is 15.0 Å². The predicted octanol–water partition coefficient (Wildman–Crippen LogP) is 1.10. The number of carbonyl (C=O) groups is 1. The molecule has 9 heteroatoms. The Morgan fingerprint density at radius 2 is 2.29 bits per heavy atom. The van der Waals surface area contributed by atoms with E-state index >= 15 is 0 Å². The van der Waals surface area contributed by atoms with Gasteiger partial charge in [-0.2, -0.15) is 5.10 Å². The lowest BCUT2D eigenvalue weighted by atomic mass is 10.2. The minimum Gasteiger partial charge on any atom is -0.482 e. The third-order valence-corrected chi connectivity index (χ3v) is 3.89. The summed E-state index contributed by atoms with van der Waals surface area (Å²) in [6.45, 7) is 0.778. The van der Waals surface area contributed by atoms with Gasteiger partial charge in [0.1, 0.15) is 11.9 Å². The number of halogens is 1. The molecule has 1 amide bonds. The Bertz CT molecular complexity index is 707. The highest BCUT2D eigenvalue weighted by molar-refractivity contribution is 6.33. The molecule has 0 bridgehead atoms. The normalized spacial score (nSPS) is 20.0. The summed E-state index contributed by atoms with van der Waals surface area (Å²) in [7, 11) is 3.67. The molecule has 0 saturated carbocycles. The zero-order valence-corrected chi connectivity index (χ0v) is 14.1. The van der Waals surface area contributed by atoms with Gasteiger partial charge in [-0.05, 0) is 6.07 Å². The fraction of sp³-hybridized carbons (Fsp3) is 0.400. The van der Waals surface area contributed by atoms with E-state index < -0.39 is 0 Å². The van der Waals surface area contributed by atoms with Crippen LogP contribution in [-0.4, -0.2) is 60.5 Å². The van der Waals surface area contributed by atoms with Gasteiger partial charge in [-0.25, -0.2) is 4.98 Å². The summed E-state index contributed by atoms with van der Waals surface area (Å²) in [5.41, 5.74) is 0.388. The molecular weight excluding hydrogens is 334 g/mol. The van der Waals surface area contributed by atoms with Crippen molar-refractivity contribution in [3.05, 3.63) is 35.2 Å². The number of hydrogen-bond acceptors (Lipinski definition) is 6. The molecule has 1 aliphatic heterocycles. The zero-order valence-electron chi connectivity index (χ0n) is 13.3. The number of pyridine rings is 1. The fourth-order valence-electron chi connectivity index (χ4n) is 2.40. The molecule has 128 valence electrons. The Hall–Kier alpha value is -2.32. The number of H-pyrrole nitrogens is 1.